The number of aromatic nitrogens is 3. The number of amidine groups is 2. The van der Waals surface area contributed by atoms with Crippen LogP contribution in [0.5, 0.6) is 0 Å². The molecule has 0 radical (unpaired) electrons. The van der Waals surface area contributed by atoms with E-state index in [9.17, 15) is 0 Å². The van der Waals surface area contributed by atoms with Crippen LogP contribution in [0.15, 0.2) is 209 Å². The lowest BCUT2D eigenvalue weighted by molar-refractivity contribution is 1.06. The smallest absolute Gasteiger partial charge is 0.161 e. The van der Waals surface area contributed by atoms with Gasteiger partial charge >= 0.3 is 0 Å². The fourth-order valence-electron chi connectivity index (χ4n) is 7.23. The highest BCUT2D eigenvalue weighted by Gasteiger charge is 2.14. The van der Waals surface area contributed by atoms with E-state index < -0.39 is 0 Å². The molecule has 6 aromatic carbocycles. The van der Waals surface area contributed by atoms with Gasteiger partial charge in [-0.1, -0.05) is 167 Å². The van der Waals surface area contributed by atoms with Crippen LogP contribution in [0.3, 0.4) is 0 Å². The predicted molar refractivity (Wildman–Crippen MR) is 258 cm³/mol. The van der Waals surface area contributed by atoms with E-state index in [1.54, 1.807) is 6.20 Å². The molecule has 298 valence electrons. The molecule has 0 unspecified atom stereocenters. The summed E-state index contributed by atoms with van der Waals surface area (Å²) >= 11 is 0. The minimum Gasteiger partial charge on any atom is -0.264 e. The van der Waals surface area contributed by atoms with Crippen molar-refractivity contribution in [1.82, 2.24) is 15.0 Å². The Morgan fingerprint density at radius 2 is 1.10 bits per heavy atom. The van der Waals surface area contributed by atoms with Crippen molar-refractivity contribution in [2.75, 3.05) is 0 Å². The Morgan fingerprint density at radius 1 is 0.508 bits per heavy atom. The summed E-state index contributed by atoms with van der Waals surface area (Å²) in [6.07, 6.45) is 5.43. The number of benzene rings is 6. The Bertz CT molecular complexity index is 2920. The van der Waals surface area contributed by atoms with Crippen LogP contribution in [0.2, 0.25) is 0 Å². The van der Waals surface area contributed by atoms with E-state index in [0.717, 1.165) is 83.1 Å². The average molecular weight is 793 g/mol. The minimum absolute atomic E-state index is 0.397. The number of hydrogen-bond acceptors (Lipinski definition) is 4. The first-order chi connectivity index (χ1) is 30.2. The van der Waals surface area contributed by atoms with Gasteiger partial charge in [0.15, 0.2) is 11.7 Å². The van der Waals surface area contributed by atoms with E-state index >= 15 is 0 Å². The van der Waals surface area contributed by atoms with Crippen molar-refractivity contribution >= 4 is 40.2 Å². The standard InChI is InChI=1S/C51H36N6.2C2H6/c1-52-50(39-16-7-3-8-17-39)57-51(40-18-9-4-10-19-40)55-33-35-30-41(32-42(31-35)44-21-12-11-20-43(44)37-14-5-2-6-15-37)36-23-25-38(26-24-36)48-45-22-13-28-54-49(45)46-34-53-29-27-47(46)56-48;2*1-2/h2-32,34H,1,33H2;2*1-2H3. The Morgan fingerprint density at radius 3 is 1.77 bits per heavy atom. The zero-order valence-corrected chi connectivity index (χ0v) is 35.1. The zero-order chi connectivity index (χ0) is 42.4. The second kappa shape index (κ2) is 20.3. The third-order valence-corrected chi connectivity index (χ3v) is 9.99. The van der Waals surface area contributed by atoms with Gasteiger partial charge in [-0.05, 0) is 82.1 Å². The first-order valence-electron chi connectivity index (χ1n) is 20.8. The molecule has 0 spiro atoms. The van der Waals surface area contributed by atoms with Crippen molar-refractivity contribution in [1.29, 1.82) is 0 Å². The van der Waals surface area contributed by atoms with Crippen LogP contribution in [0.1, 0.15) is 44.4 Å². The molecule has 9 rings (SSSR count). The Balaban J connectivity index is 0.00000136. The van der Waals surface area contributed by atoms with Gasteiger partial charge < -0.3 is 0 Å². The zero-order valence-electron chi connectivity index (χ0n) is 35.1. The largest absolute Gasteiger partial charge is 0.264 e. The molecule has 0 atom stereocenters. The molecule has 61 heavy (non-hydrogen) atoms. The van der Waals surface area contributed by atoms with E-state index in [4.69, 9.17) is 20.0 Å². The number of hydrogen-bond donors (Lipinski definition) is 0. The molecule has 0 bridgehead atoms. The summed E-state index contributed by atoms with van der Waals surface area (Å²) in [5.74, 6) is 1.11. The van der Waals surface area contributed by atoms with Crippen LogP contribution in [-0.4, -0.2) is 33.3 Å². The molecule has 0 fully saturated rings. The van der Waals surface area contributed by atoms with Gasteiger partial charge in [-0.15, -0.1) is 0 Å². The Kier molecular flexibility index (Phi) is 13.8. The highest BCUT2D eigenvalue weighted by atomic mass is 15.0. The third kappa shape index (κ3) is 9.46. The van der Waals surface area contributed by atoms with E-state index in [1.807, 2.05) is 119 Å². The topological polar surface area (TPSA) is 75.8 Å². The summed E-state index contributed by atoms with van der Waals surface area (Å²) < 4.78 is 0. The maximum Gasteiger partial charge on any atom is 0.161 e. The molecule has 6 nitrogen and oxygen atoms in total. The first kappa shape index (κ1) is 41.5. The van der Waals surface area contributed by atoms with E-state index in [2.05, 4.69) is 114 Å². The Hall–Kier alpha value is -7.70. The van der Waals surface area contributed by atoms with Crippen molar-refractivity contribution in [3.63, 3.8) is 0 Å². The van der Waals surface area contributed by atoms with E-state index in [-0.39, 0.29) is 0 Å². The average Bonchev–Trinajstić information content (AvgIpc) is 3.36. The Labute approximate surface area is 358 Å². The quantitative estimate of drug-likeness (QED) is 0.0873. The maximum absolute atomic E-state index is 5.16. The van der Waals surface area contributed by atoms with Crippen molar-refractivity contribution in [3.8, 4) is 44.6 Å². The minimum atomic E-state index is 0.397. The normalized spacial score (nSPS) is 11.3. The lowest BCUT2D eigenvalue weighted by atomic mass is 9.91. The number of pyridine rings is 3. The van der Waals surface area contributed by atoms with Gasteiger partial charge in [-0.25, -0.2) is 15.0 Å². The summed E-state index contributed by atoms with van der Waals surface area (Å²) in [6.45, 7) is 12.2. The molecular formula is C55H48N6. The molecule has 0 amide bonds. The first-order valence-corrected chi connectivity index (χ1v) is 20.8. The fourth-order valence-corrected chi connectivity index (χ4v) is 7.23. The van der Waals surface area contributed by atoms with Crippen LogP contribution in [0.4, 0.5) is 0 Å². The fraction of sp³-hybridized carbons (Fsp3) is 0.0909. The molecule has 0 aliphatic carbocycles. The second-order valence-electron chi connectivity index (χ2n) is 13.6. The predicted octanol–water partition coefficient (Wildman–Crippen LogP) is 14.0. The molecule has 0 aliphatic heterocycles. The van der Waals surface area contributed by atoms with Crippen molar-refractivity contribution in [2.45, 2.75) is 34.2 Å². The van der Waals surface area contributed by atoms with E-state index in [0.29, 0.717) is 18.2 Å². The van der Waals surface area contributed by atoms with Crippen LogP contribution in [-0.2, 0) is 6.54 Å². The van der Waals surface area contributed by atoms with Gasteiger partial charge in [0.05, 0.1) is 23.3 Å². The summed E-state index contributed by atoms with van der Waals surface area (Å²) in [4.78, 5) is 28.5. The lowest BCUT2D eigenvalue weighted by Gasteiger charge is -2.14. The molecule has 0 saturated heterocycles. The van der Waals surface area contributed by atoms with Crippen molar-refractivity contribution in [3.05, 3.63) is 211 Å². The van der Waals surface area contributed by atoms with Gasteiger partial charge in [-0.2, -0.15) is 0 Å². The highest BCUT2D eigenvalue weighted by Crippen LogP contribution is 2.37. The molecule has 0 saturated carbocycles. The van der Waals surface area contributed by atoms with Gasteiger partial charge in [-0.3, -0.25) is 15.0 Å². The SMILES string of the molecule is C=NC(=NC(=NCc1cc(-c2ccc(-c3nc4ccncc4c4ncccc34)cc2)cc(-c2ccccc2-c2ccccc2)c1)c1ccccc1)c1ccccc1.CC.CC. The molecule has 3 aromatic heterocycles. The molecule has 6 heteroatoms. The summed E-state index contributed by atoms with van der Waals surface area (Å²) in [7, 11) is 0. The summed E-state index contributed by atoms with van der Waals surface area (Å²) in [6, 6.07) is 60.4. The second-order valence-corrected chi connectivity index (χ2v) is 13.6. The van der Waals surface area contributed by atoms with Gasteiger partial charge in [0, 0.05) is 46.1 Å². The maximum atomic E-state index is 5.16. The molecular weight excluding hydrogens is 745 g/mol. The number of nitrogens with zero attached hydrogens (tertiary/aromatic N) is 6. The molecule has 3 heterocycles. The van der Waals surface area contributed by atoms with Gasteiger partial charge in [0.1, 0.15) is 0 Å². The monoisotopic (exact) mass is 792 g/mol. The molecule has 9 aromatic rings. The molecule has 0 aliphatic rings. The van der Waals surface area contributed by atoms with E-state index in [1.165, 1.54) is 0 Å². The lowest BCUT2D eigenvalue weighted by Crippen LogP contribution is -2.05. The highest BCUT2D eigenvalue weighted by molar-refractivity contribution is 6.12. The van der Waals surface area contributed by atoms with Crippen LogP contribution in [0.25, 0.3) is 66.4 Å². The van der Waals surface area contributed by atoms with Crippen molar-refractivity contribution in [2.24, 2.45) is 15.0 Å². The number of fused-ring (bicyclic) bond motifs is 3. The van der Waals surface area contributed by atoms with Crippen molar-refractivity contribution < 1.29 is 0 Å². The summed E-state index contributed by atoms with van der Waals surface area (Å²) in [5, 5.41) is 1.93. The third-order valence-electron chi connectivity index (χ3n) is 9.99. The van der Waals surface area contributed by atoms with Gasteiger partial charge in [0.2, 0.25) is 0 Å². The number of aliphatic imine (C=N–C) groups is 3. The van der Waals surface area contributed by atoms with Crippen LogP contribution < -0.4 is 0 Å². The van der Waals surface area contributed by atoms with Crippen LogP contribution >= 0.6 is 0 Å². The van der Waals surface area contributed by atoms with Crippen LogP contribution in [0, 0.1) is 0 Å². The van der Waals surface area contributed by atoms with Gasteiger partial charge in [0.25, 0.3) is 0 Å². The summed E-state index contributed by atoms with van der Waals surface area (Å²) in [5.41, 5.74) is 13.2. The molecule has 0 N–H and O–H groups in total. The number of rotatable bonds is 8.